The Balaban J connectivity index is 2.42. The van der Waals surface area contributed by atoms with E-state index in [1.165, 1.54) is 0 Å². The summed E-state index contributed by atoms with van der Waals surface area (Å²) >= 11 is 0. The van der Waals surface area contributed by atoms with Gasteiger partial charge in [-0.15, -0.1) is 0 Å². The quantitative estimate of drug-likeness (QED) is 0.756. The summed E-state index contributed by atoms with van der Waals surface area (Å²) in [6, 6.07) is 0.824. The van der Waals surface area contributed by atoms with Gasteiger partial charge in [-0.05, 0) is 12.3 Å². The van der Waals surface area contributed by atoms with E-state index in [1.54, 1.807) is 0 Å². The van der Waals surface area contributed by atoms with E-state index in [0.29, 0.717) is 25.7 Å². The van der Waals surface area contributed by atoms with Crippen molar-refractivity contribution in [2.45, 2.75) is 26.4 Å². The van der Waals surface area contributed by atoms with Gasteiger partial charge in [0.15, 0.2) is 5.69 Å². The number of halogens is 3. The largest absolute Gasteiger partial charge is 0.433 e. The van der Waals surface area contributed by atoms with E-state index in [2.05, 4.69) is 29.1 Å². The highest BCUT2D eigenvalue weighted by atomic mass is 19.4. The zero-order valence-electron chi connectivity index (χ0n) is 11.5. The minimum atomic E-state index is -4.54. The molecule has 20 heavy (non-hydrogen) atoms. The van der Waals surface area contributed by atoms with Crippen LogP contribution in [0.3, 0.4) is 0 Å². The summed E-state index contributed by atoms with van der Waals surface area (Å²) < 4.78 is 42.9. The first-order chi connectivity index (χ1) is 9.29. The highest BCUT2D eigenvalue weighted by Crippen LogP contribution is 2.29. The minimum absolute atomic E-state index is 0.0392. The molecular formula is C12H19F3N4O. The number of ether oxygens (including phenoxy) is 1. The molecule has 3 N–H and O–H groups in total. The van der Waals surface area contributed by atoms with Crippen LogP contribution in [-0.4, -0.2) is 29.7 Å². The molecular weight excluding hydrogens is 273 g/mol. The van der Waals surface area contributed by atoms with Crippen LogP contribution in [0.2, 0.25) is 0 Å². The molecule has 0 amide bonds. The number of nitrogens with two attached hydrogens (primary N) is 1. The molecule has 0 aliphatic heterocycles. The monoisotopic (exact) mass is 292 g/mol. The van der Waals surface area contributed by atoms with Crippen LogP contribution in [0.25, 0.3) is 0 Å². The predicted molar refractivity (Wildman–Crippen MR) is 70.2 cm³/mol. The van der Waals surface area contributed by atoms with Gasteiger partial charge in [0, 0.05) is 19.2 Å². The average molecular weight is 292 g/mol. The Labute approximate surface area is 115 Å². The summed E-state index contributed by atoms with van der Waals surface area (Å²) in [5.74, 6) is 0.180. The van der Waals surface area contributed by atoms with E-state index in [1.807, 2.05) is 0 Å². The molecule has 114 valence electrons. The molecule has 0 aromatic carbocycles. The number of nitrogen functional groups attached to an aromatic ring is 1. The van der Waals surface area contributed by atoms with E-state index in [4.69, 9.17) is 10.5 Å². The third-order valence-corrected chi connectivity index (χ3v) is 2.43. The molecule has 0 aliphatic carbocycles. The topological polar surface area (TPSA) is 73.1 Å². The number of hydrogen-bond acceptors (Lipinski definition) is 5. The highest BCUT2D eigenvalue weighted by Gasteiger charge is 2.33. The Morgan fingerprint density at radius 3 is 2.60 bits per heavy atom. The molecule has 0 aliphatic rings. The maximum Gasteiger partial charge on any atom is 0.433 e. The van der Waals surface area contributed by atoms with Crippen LogP contribution in [-0.2, 0) is 10.9 Å². The molecule has 8 heteroatoms. The SMILES string of the molecule is CC(C)CCOCCNc1cc(C(F)(F)F)nc(N)n1. The number of rotatable bonds is 7. The van der Waals surface area contributed by atoms with Gasteiger partial charge in [-0.2, -0.15) is 18.2 Å². The Bertz CT molecular complexity index is 424. The second-order valence-electron chi connectivity index (χ2n) is 4.72. The van der Waals surface area contributed by atoms with Gasteiger partial charge in [0.1, 0.15) is 5.82 Å². The third kappa shape index (κ3) is 6.05. The van der Waals surface area contributed by atoms with E-state index >= 15 is 0 Å². The van der Waals surface area contributed by atoms with Crippen LogP contribution in [0.4, 0.5) is 24.9 Å². The lowest BCUT2D eigenvalue weighted by Gasteiger charge is -2.11. The molecule has 0 fully saturated rings. The number of nitrogens with one attached hydrogen (secondary N) is 1. The van der Waals surface area contributed by atoms with Crippen molar-refractivity contribution < 1.29 is 17.9 Å². The molecule has 0 saturated heterocycles. The zero-order valence-corrected chi connectivity index (χ0v) is 11.5. The van der Waals surface area contributed by atoms with Crippen molar-refractivity contribution in [1.29, 1.82) is 0 Å². The smallest absolute Gasteiger partial charge is 0.380 e. The van der Waals surface area contributed by atoms with Crippen LogP contribution in [0.15, 0.2) is 6.07 Å². The molecule has 0 unspecified atom stereocenters. The lowest BCUT2D eigenvalue weighted by atomic mass is 10.1. The Morgan fingerprint density at radius 2 is 2.00 bits per heavy atom. The van der Waals surface area contributed by atoms with Crippen molar-refractivity contribution >= 4 is 11.8 Å². The van der Waals surface area contributed by atoms with Gasteiger partial charge < -0.3 is 15.8 Å². The molecule has 0 bridgehead atoms. The Kier molecular flexibility index (Phi) is 6.00. The van der Waals surface area contributed by atoms with Crippen LogP contribution in [0.5, 0.6) is 0 Å². The van der Waals surface area contributed by atoms with Crippen LogP contribution >= 0.6 is 0 Å². The zero-order chi connectivity index (χ0) is 15.2. The molecule has 0 radical (unpaired) electrons. The molecule has 0 saturated carbocycles. The van der Waals surface area contributed by atoms with Gasteiger partial charge in [-0.3, -0.25) is 0 Å². The van der Waals surface area contributed by atoms with Crippen molar-refractivity contribution in [3.8, 4) is 0 Å². The first-order valence-corrected chi connectivity index (χ1v) is 6.32. The van der Waals surface area contributed by atoms with E-state index < -0.39 is 17.8 Å². The molecule has 1 heterocycles. The number of aromatic nitrogens is 2. The van der Waals surface area contributed by atoms with Gasteiger partial charge in [-0.25, -0.2) is 4.98 Å². The number of anilines is 2. The van der Waals surface area contributed by atoms with E-state index in [-0.39, 0.29) is 5.82 Å². The molecule has 0 atom stereocenters. The van der Waals surface area contributed by atoms with Gasteiger partial charge in [0.25, 0.3) is 0 Å². The minimum Gasteiger partial charge on any atom is -0.380 e. The standard InChI is InChI=1S/C12H19F3N4O/c1-8(2)3-5-20-6-4-17-10-7-9(12(13,14)15)18-11(16)19-10/h7-8H,3-6H2,1-2H3,(H3,16,17,18,19). The van der Waals surface area contributed by atoms with Crippen LogP contribution in [0, 0.1) is 5.92 Å². The lowest BCUT2D eigenvalue weighted by molar-refractivity contribution is -0.141. The van der Waals surface area contributed by atoms with Gasteiger partial charge in [-0.1, -0.05) is 13.8 Å². The van der Waals surface area contributed by atoms with Gasteiger partial charge >= 0.3 is 6.18 Å². The molecule has 0 spiro atoms. The predicted octanol–water partition coefficient (Wildman–Crippen LogP) is 2.55. The normalized spacial score (nSPS) is 11.9. The summed E-state index contributed by atoms with van der Waals surface area (Å²) in [6.45, 7) is 5.54. The van der Waals surface area contributed by atoms with Crippen molar-refractivity contribution in [1.82, 2.24) is 9.97 Å². The summed E-state index contributed by atoms with van der Waals surface area (Å²) in [5, 5.41) is 2.73. The summed E-state index contributed by atoms with van der Waals surface area (Å²) in [5.41, 5.74) is 4.19. The Morgan fingerprint density at radius 1 is 1.30 bits per heavy atom. The second-order valence-corrected chi connectivity index (χ2v) is 4.72. The maximum atomic E-state index is 12.5. The van der Waals surface area contributed by atoms with E-state index in [9.17, 15) is 13.2 Å². The average Bonchev–Trinajstić information content (AvgIpc) is 2.31. The second kappa shape index (κ2) is 7.28. The first-order valence-electron chi connectivity index (χ1n) is 6.32. The van der Waals surface area contributed by atoms with E-state index in [0.717, 1.165) is 12.5 Å². The third-order valence-electron chi connectivity index (χ3n) is 2.43. The van der Waals surface area contributed by atoms with Crippen molar-refractivity contribution in [2.75, 3.05) is 30.8 Å². The number of hydrogen-bond donors (Lipinski definition) is 2. The van der Waals surface area contributed by atoms with Crippen molar-refractivity contribution in [2.24, 2.45) is 5.92 Å². The highest BCUT2D eigenvalue weighted by molar-refractivity contribution is 5.41. The van der Waals surface area contributed by atoms with Gasteiger partial charge in [0.2, 0.25) is 5.95 Å². The number of nitrogens with zero attached hydrogens (tertiary/aromatic N) is 2. The number of alkyl halides is 3. The summed E-state index contributed by atoms with van der Waals surface area (Å²) in [7, 11) is 0. The summed E-state index contributed by atoms with van der Waals surface area (Å²) in [4.78, 5) is 6.85. The first kappa shape index (κ1) is 16.5. The van der Waals surface area contributed by atoms with Crippen LogP contribution < -0.4 is 11.1 Å². The van der Waals surface area contributed by atoms with Crippen molar-refractivity contribution in [3.05, 3.63) is 11.8 Å². The van der Waals surface area contributed by atoms with Gasteiger partial charge in [0.05, 0.1) is 6.61 Å². The molecule has 5 nitrogen and oxygen atoms in total. The maximum absolute atomic E-state index is 12.5. The fourth-order valence-corrected chi connectivity index (χ4v) is 1.37. The van der Waals surface area contributed by atoms with Crippen molar-refractivity contribution in [3.63, 3.8) is 0 Å². The van der Waals surface area contributed by atoms with Crippen LogP contribution in [0.1, 0.15) is 26.0 Å². The molecule has 1 rings (SSSR count). The summed E-state index contributed by atoms with van der Waals surface area (Å²) in [6.07, 6.45) is -3.60. The molecule has 1 aromatic heterocycles. The fraction of sp³-hybridized carbons (Fsp3) is 0.667. The Hall–Kier alpha value is -1.57. The fourth-order valence-electron chi connectivity index (χ4n) is 1.37. The molecule has 1 aromatic rings. The lowest BCUT2D eigenvalue weighted by Crippen LogP contribution is -2.15.